The number of hydrogen-bond donors (Lipinski definition) is 2. The van der Waals surface area contributed by atoms with Crippen molar-refractivity contribution in [2.24, 2.45) is 5.84 Å². The van der Waals surface area contributed by atoms with Crippen molar-refractivity contribution in [3.8, 4) is 0 Å². The second kappa shape index (κ2) is 3.80. The fraction of sp³-hybridized carbons (Fsp3) is 0.143. The van der Waals surface area contributed by atoms with Gasteiger partial charge in [-0.3, -0.25) is 5.84 Å². The van der Waals surface area contributed by atoms with Gasteiger partial charge in [0.15, 0.2) is 0 Å². The maximum Gasteiger partial charge on any atom is 0.115 e. The van der Waals surface area contributed by atoms with E-state index in [-0.39, 0.29) is 6.04 Å². The lowest BCUT2D eigenvalue weighted by Gasteiger charge is -2.08. The first-order valence-electron chi connectivity index (χ1n) is 3.22. The highest BCUT2D eigenvalue weighted by Gasteiger charge is 2.02. The molecule has 3 N–H and O–H groups in total. The van der Waals surface area contributed by atoms with Crippen molar-refractivity contribution < 1.29 is 0 Å². The second-order valence-electron chi connectivity index (χ2n) is 2.05. The second-order valence-corrected chi connectivity index (χ2v) is 2.05. The lowest BCUT2D eigenvalue weighted by atomic mass is 10.2. The Morgan fingerprint density at radius 3 is 2.64 bits per heavy atom. The van der Waals surface area contributed by atoms with Crippen LogP contribution in [0.1, 0.15) is 11.6 Å². The standard InChI is InChI=1S/C7H10N4/c1-2-7(11-8)6-3-9-5-10-4-6/h2-5,7,11H,1,8H2. The summed E-state index contributed by atoms with van der Waals surface area (Å²) in [6.07, 6.45) is 6.55. The number of hydrogen-bond acceptors (Lipinski definition) is 4. The highest BCUT2D eigenvalue weighted by atomic mass is 15.2. The quantitative estimate of drug-likeness (QED) is 0.366. The van der Waals surface area contributed by atoms with Crippen LogP contribution in [0, 0.1) is 0 Å². The van der Waals surface area contributed by atoms with Crippen molar-refractivity contribution in [2.45, 2.75) is 6.04 Å². The van der Waals surface area contributed by atoms with Gasteiger partial charge in [0.2, 0.25) is 0 Å². The molecule has 0 radical (unpaired) electrons. The van der Waals surface area contributed by atoms with E-state index < -0.39 is 0 Å². The van der Waals surface area contributed by atoms with Crippen LogP contribution in [0.5, 0.6) is 0 Å². The SMILES string of the molecule is C=CC(NN)c1cncnc1. The first-order chi connectivity index (χ1) is 5.38. The minimum absolute atomic E-state index is 0.0730. The van der Waals surface area contributed by atoms with Crippen LogP contribution >= 0.6 is 0 Å². The van der Waals surface area contributed by atoms with E-state index in [1.165, 1.54) is 6.33 Å². The Balaban J connectivity index is 2.82. The monoisotopic (exact) mass is 150 g/mol. The van der Waals surface area contributed by atoms with Gasteiger partial charge in [-0.05, 0) is 0 Å². The average Bonchev–Trinajstić information content (AvgIpc) is 2.09. The smallest absolute Gasteiger partial charge is 0.115 e. The van der Waals surface area contributed by atoms with E-state index in [2.05, 4.69) is 22.0 Å². The molecule has 1 unspecified atom stereocenters. The molecular weight excluding hydrogens is 140 g/mol. The number of rotatable bonds is 3. The van der Waals surface area contributed by atoms with E-state index in [1.807, 2.05) is 0 Å². The van der Waals surface area contributed by atoms with Crippen molar-refractivity contribution >= 4 is 0 Å². The number of nitrogens with zero attached hydrogens (tertiary/aromatic N) is 2. The predicted octanol–water partition coefficient (Wildman–Crippen LogP) is 0.167. The van der Waals surface area contributed by atoms with Crippen molar-refractivity contribution in [3.63, 3.8) is 0 Å². The largest absolute Gasteiger partial charge is 0.271 e. The third-order valence-corrected chi connectivity index (χ3v) is 1.35. The third kappa shape index (κ3) is 1.83. The van der Waals surface area contributed by atoms with Gasteiger partial charge in [-0.25, -0.2) is 15.4 Å². The fourth-order valence-corrected chi connectivity index (χ4v) is 0.772. The van der Waals surface area contributed by atoms with Crippen LogP contribution in [-0.2, 0) is 0 Å². The lowest BCUT2D eigenvalue weighted by Crippen LogP contribution is -2.26. The molecule has 0 aliphatic carbocycles. The molecule has 0 amide bonds. The zero-order valence-corrected chi connectivity index (χ0v) is 6.07. The molecule has 1 aromatic heterocycles. The van der Waals surface area contributed by atoms with Gasteiger partial charge >= 0.3 is 0 Å². The van der Waals surface area contributed by atoms with Crippen molar-refractivity contribution in [3.05, 3.63) is 36.9 Å². The summed E-state index contributed by atoms with van der Waals surface area (Å²) in [5.41, 5.74) is 3.48. The molecule has 4 nitrogen and oxygen atoms in total. The molecule has 1 atom stereocenters. The molecule has 58 valence electrons. The van der Waals surface area contributed by atoms with E-state index in [4.69, 9.17) is 5.84 Å². The molecule has 1 rings (SSSR count). The van der Waals surface area contributed by atoms with Gasteiger partial charge in [-0.1, -0.05) is 6.08 Å². The summed E-state index contributed by atoms with van der Waals surface area (Å²) in [4.78, 5) is 7.69. The summed E-state index contributed by atoms with van der Waals surface area (Å²) < 4.78 is 0. The summed E-state index contributed by atoms with van der Waals surface area (Å²) in [6.45, 7) is 3.61. The topological polar surface area (TPSA) is 63.8 Å². The highest BCUT2D eigenvalue weighted by molar-refractivity contribution is 5.13. The Bertz CT molecular complexity index is 221. The van der Waals surface area contributed by atoms with Crippen LogP contribution in [0.25, 0.3) is 0 Å². The van der Waals surface area contributed by atoms with Gasteiger partial charge in [-0.2, -0.15) is 0 Å². The van der Waals surface area contributed by atoms with Crippen molar-refractivity contribution in [1.29, 1.82) is 0 Å². The Morgan fingerprint density at radius 1 is 1.55 bits per heavy atom. The maximum absolute atomic E-state index is 5.24. The molecule has 0 saturated carbocycles. The number of nitrogens with two attached hydrogens (primary N) is 1. The van der Waals surface area contributed by atoms with E-state index in [9.17, 15) is 0 Å². The summed E-state index contributed by atoms with van der Waals surface area (Å²) >= 11 is 0. The molecule has 11 heavy (non-hydrogen) atoms. The molecule has 1 heterocycles. The van der Waals surface area contributed by atoms with Crippen LogP contribution < -0.4 is 11.3 Å². The van der Waals surface area contributed by atoms with Crippen LogP contribution in [0.3, 0.4) is 0 Å². The van der Waals surface area contributed by atoms with Gasteiger partial charge in [0.05, 0.1) is 6.04 Å². The van der Waals surface area contributed by atoms with Gasteiger partial charge in [0.1, 0.15) is 6.33 Å². The van der Waals surface area contributed by atoms with Crippen LogP contribution in [0.2, 0.25) is 0 Å². The first-order valence-corrected chi connectivity index (χ1v) is 3.22. The van der Waals surface area contributed by atoms with Crippen molar-refractivity contribution in [1.82, 2.24) is 15.4 Å². The summed E-state index contributed by atoms with van der Waals surface area (Å²) in [5, 5.41) is 0. The normalized spacial score (nSPS) is 12.5. The predicted molar refractivity (Wildman–Crippen MR) is 42.3 cm³/mol. The van der Waals surface area contributed by atoms with Crippen LogP contribution in [-0.4, -0.2) is 9.97 Å². The molecule has 1 aromatic rings. The Morgan fingerprint density at radius 2 is 2.18 bits per heavy atom. The summed E-state index contributed by atoms with van der Waals surface area (Å²) in [5.74, 6) is 5.24. The van der Waals surface area contributed by atoms with E-state index in [1.54, 1.807) is 18.5 Å². The van der Waals surface area contributed by atoms with Crippen molar-refractivity contribution in [2.75, 3.05) is 0 Å². The Kier molecular flexibility index (Phi) is 2.71. The third-order valence-electron chi connectivity index (χ3n) is 1.35. The van der Waals surface area contributed by atoms with Gasteiger partial charge in [0, 0.05) is 18.0 Å². The summed E-state index contributed by atoms with van der Waals surface area (Å²) in [6, 6.07) is -0.0730. The number of aromatic nitrogens is 2. The van der Waals surface area contributed by atoms with E-state index in [0.717, 1.165) is 5.56 Å². The van der Waals surface area contributed by atoms with Crippen LogP contribution in [0.4, 0.5) is 0 Å². The van der Waals surface area contributed by atoms with Crippen LogP contribution in [0.15, 0.2) is 31.4 Å². The van der Waals surface area contributed by atoms with E-state index in [0.29, 0.717) is 0 Å². The molecule has 0 aromatic carbocycles. The fourth-order valence-electron chi connectivity index (χ4n) is 0.772. The van der Waals surface area contributed by atoms with Gasteiger partial charge in [0.25, 0.3) is 0 Å². The molecule has 0 fully saturated rings. The summed E-state index contributed by atoms with van der Waals surface area (Å²) in [7, 11) is 0. The zero-order chi connectivity index (χ0) is 8.10. The minimum atomic E-state index is -0.0730. The minimum Gasteiger partial charge on any atom is -0.271 e. The Labute approximate surface area is 65.1 Å². The Hall–Kier alpha value is -1.26. The van der Waals surface area contributed by atoms with Gasteiger partial charge < -0.3 is 0 Å². The molecule has 0 aliphatic rings. The van der Waals surface area contributed by atoms with Gasteiger partial charge in [-0.15, -0.1) is 6.58 Å². The molecule has 4 heteroatoms. The zero-order valence-electron chi connectivity index (χ0n) is 6.07. The number of nitrogens with one attached hydrogen (secondary N) is 1. The average molecular weight is 150 g/mol. The van der Waals surface area contributed by atoms with E-state index >= 15 is 0 Å². The highest BCUT2D eigenvalue weighted by Crippen LogP contribution is 2.08. The molecule has 0 aliphatic heterocycles. The molecule has 0 spiro atoms. The lowest BCUT2D eigenvalue weighted by molar-refractivity contribution is 0.651. The molecule has 0 bridgehead atoms. The maximum atomic E-state index is 5.24. The first kappa shape index (κ1) is 7.84. The molecular formula is C7H10N4. The number of hydrazine groups is 1. The molecule has 0 saturated heterocycles.